The topological polar surface area (TPSA) is 93.2 Å². The van der Waals surface area contributed by atoms with Gasteiger partial charge in [0, 0.05) is 37.8 Å². The van der Waals surface area contributed by atoms with Crippen molar-refractivity contribution >= 4 is 24.1 Å². The predicted molar refractivity (Wildman–Crippen MR) is 82.6 cm³/mol. The number of esters is 2. The van der Waals surface area contributed by atoms with E-state index in [9.17, 15) is 19.2 Å². The van der Waals surface area contributed by atoms with E-state index in [2.05, 4.69) is 9.47 Å². The highest BCUT2D eigenvalue weighted by molar-refractivity contribution is 6.01. The summed E-state index contributed by atoms with van der Waals surface area (Å²) in [5.41, 5.74) is -0.136. The molecule has 0 rings (SSSR count). The fourth-order valence-electron chi connectivity index (χ4n) is 1.60. The van der Waals surface area contributed by atoms with Gasteiger partial charge in [0.05, 0.1) is 0 Å². The highest BCUT2D eigenvalue weighted by Crippen LogP contribution is 2.03. The normalized spacial score (nSPS) is 10.7. The lowest BCUT2D eigenvalue weighted by Crippen LogP contribution is -2.33. The van der Waals surface area contributed by atoms with Gasteiger partial charge in [-0.15, -0.1) is 0 Å². The zero-order valence-corrected chi connectivity index (χ0v) is 14.2. The molecule has 0 atom stereocenters. The summed E-state index contributed by atoms with van der Waals surface area (Å²) in [5, 5.41) is 0. The molecule has 0 aliphatic carbocycles. The number of carbonyl (C=O) groups is 4. The first-order chi connectivity index (χ1) is 10.8. The average Bonchev–Trinajstić information content (AvgIpc) is 2.49. The van der Waals surface area contributed by atoms with Crippen LogP contribution in [-0.4, -0.2) is 60.1 Å². The van der Waals surface area contributed by atoms with Crippen LogP contribution in [-0.2, 0) is 19.1 Å². The Morgan fingerprint density at radius 2 is 1.17 bits per heavy atom. The third-order valence-electron chi connectivity index (χ3n) is 3.07. The molecule has 0 saturated heterocycles. The van der Waals surface area contributed by atoms with E-state index in [1.807, 2.05) is 0 Å². The first-order valence-electron chi connectivity index (χ1n) is 7.50. The number of rotatable bonds is 6. The van der Waals surface area contributed by atoms with Crippen molar-refractivity contribution in [3.8, 4) is 0 Å². The van der Waals surface area contributed by atoms with Crippen molar-refractivity contribution in [3.63, 3.8) is 0 Å². The number of hydrogen-bond acceptors (Lipinski definition) is 6. The van der Waals surface area contributed by atoms with Gasteiger partial charge in [-0.2, -0.15) is 0 Å². The van der Waals surface area contributed by atoms with Crippen LogP contribution in [0.3, 0.4) is 0 Å². The van der Waals surface area contributed by atoms with Crippen LogP contribution < -0.4 is 0 Å². The summed E-state index contributed by atoms with van der Waals surface area (Å²) in [7, 11) is 0. The van der Waals surface area contributed by atoms with Crippen molar-refractivity contribution < 1.29 is 28.7 Å². The number of ether oxygens (including phenoxy) is 2. The summed E-state index contributed by atoms with van der Waals surface area (Å²) in [6.07, 6.45) is -0.767. The van der Waals surface area contributed by atoms with Crippen molar-refractivity contribution in [1.29, 1.82) is 0 Å². The van der Waals surface area contributed by atoms with E-state index >= 15 is 0 Å². The van der Waals surface area contributed by atoms with E-state index in [0.717, 1.165) is 6.08 Å². The first-order valence-corrected chi connectivity index (χ1v) is 7.50. The van der Waals surface area contributed by atoms with E-state index in [1.165, 1.54) is 16.7 Å². The van der Waals surface area contributed by atoms with Crippen LogP contribution in [0.2, 0.25) is 0 Å². The second-order valence-corrected chi connectivity index (χ2v) is 4.51. The van der Waals surface area contributed by atoms with Gasteiger partial charge in [0.2, 0.25) is 0 Å². The molecule has 130 valence electrons. The quantitative estimate of drug-likeness (QED) is 0.420. The van der Waals surface area contributed by atoms with Gasteiger partial charge in [-0.05, 0) is 34.6 Å². The standard InChI is InChI=1S/C15H24N2O6/c1-6-16(7-2)14(20)22-12(18)10-11(5)13(19)23-15(21)17(8-3)9-4/h10H,6-9H2,1-5H3/b11-10+. The second kappa shape index (κ2) is 10.4. The Morgan fingerprint density at radius 1 is 0.783 bits per heavy atom. The minimum atomic E-state index is -0.994. The van der Waals surface area contributed by atoms with Gasteiger partial charge >= 0.3 is 24.1 Å². The summed E-state index contributed by atoms with van der Waals surface area (Å²) in [5.74, 6) is -1.96. The zero-order chi connectivity index (χ0) is 18.0. The molecule has 8 nitrogen and oxygen atoms in total. The Balaban J connectivity index is 4.69. The summed E-state index contributed by atoms with van der Waals surface area (Å²) >= 11 is 0. The third-order valence-corrected chi connectivity index (χ3v) is 3.07. The lowest BCUT2D eigenvalue weighted by atomic mass is 10.3. The summed E-state index contributed by atoms with van der Waals surface area (Å²) in [6.45, 7) is 9.84. The van der Waals surface area contributed by atoms with Gasteiger partial charge in [0.15, 0.2) is 0 Å². The number of hydrogen-bond donors (Lipinski definition) is 0. The minimum absolute atomic E-state index is 0.136. The largest absolute Gasteiger partial charge is 0.417 e. The fourth-order valence-corrected chi connectivity index (χ4v) is 1.60. The van der Waals surface area contributed by atoms with E-state index in [4.69, 9.17) is 0 Å². The zero-order valence-electron chi connectivity index (χ0n) is 14.2. The fraction of sp³-hybridized carbons (Fsp3) is 0.600. The minimum Gasteiger partial charge on any atom is -0.373 e. The lowest BCUT2D eigenvalue weighted by molar-refractivity contribution is -0.136. The molecule has 0 fully saturated rings. The highest BCUT2D eigenvalue weighted by atomic mass is 16.6. The van der Waals surface area contributed by atoms with Gasteiger partial charge in [-0.25, -0.2) is 19.2 Å². The molecule has 0 radical (unpaired) electrons. The molecule has 0 heterocycles. The predicted octanol–water partition coefficient (Wildman–Crippen LogP) is 1.94. The van der Waals surface area contributed by atoms with Gasteiger partial charge in [0.1, 0.15) is 0 Å². The van der Waals surface area contributed by atoms with Gasteiger partial charge in [0.25, 0.3) is 0 Å². The third kappa shape index (κ3) is 6.94. The Kier molecular flexibility index (Phi) is 9.29. The lowest BCUT2D eigenvalue weighted by Gasteiger charge is -2.17. The molecule has 2 amide bonds. The second-order valence-electron chi connectivity index (χ2n) is 4.51. The van der Waals surface area contributed by atoms with Crippen LogP contribution in [0.1, 0.15) is 34.6 Å². The van der Waals surface area contributed by atoms with Gasteiger partial charge in [-0.1, -0.05) is 0 Å². The SMILES string of the molecule is CCN(CC)C(=O)OC(=O)/C=C(\C)C(=O)OC(=O)N(CC)CC. The average molecular weight is 328 g/mol. The van der Waals surface area contributed by atoms with Crippen molar-refractivity contribution in [1.82, 2.24) is 9.80 Å². The highest BCUT2D eigenvalue weighted by Gasteiger charge is 2.19. The number of nitrogens with zero attached hydrogens (tertiary/aromatic N) is 2. The molecular weight excluding hydrogens is 304 g/mol. The molecule has 0 aliphatic heterocycles. The van der Waals surface area contributed by atoms with Crippen molar-refractivity contribution in [3.05, 3.63) is 11.6 Å². The van der Waals surface area contributed by atoms with E-state index < -0.39 is 24.1 Å². The van der Waals surface area contributed by atoms with Crippen molar-refractivity contribution in [2.24, 2.45) is 0 Å². The maximum Gasteiger partial charge on any atom is 0.417 e. The van der Waals surface area contributed by atoms with E-state index in [1.54, 1.807) is 27.7 Å². The molecule has 0 aromatic heterocycles. The van der Waals surface area contributed by atoms with Crippen LogP contribution >= 0.6 is 0 Å². The van der Waals surface area contributed by atoms with Crippen LogP contribution in [0.5, 0.6) is 0 Å². The Bertz CT molecular complexity index is 478. The molecular formula is C15H24N2O6. The molecule has 0 bridgehead atoms. The van der Waals surface area contributed by atoms with Gasteiger partial charge < -0.3 is 19.3 Å². The molecule has 23 heavy (non-hydrogen) atoms. The van der Waals surface area contributed by atoms with Crippen LogP contribution in [0, 0.1) is 0 Å². The summed E-state index contributed by atoms with van der Waals surface area (Å²) in [6, 6.07) is 0. The van der Waals surface area contributed by atoms with Crippen LogP contribution in [0.25, 0.3) is 0 Å². The van der Waals surface area contributed by atoms with Gasteiger partial charge in [-0.3, -0.25) is 0 Å². The first kappa shape index (κ1) is 20.6. The summed E-state index contributed by atoms with van der Waals surface area (Å²) < 4.78 is 9.21. The van der Waals surface area contributed by atoms with Crippen molar-refractivity contribution in [2.45, 2.75) is 34.6 Å². The Labute approximate surface area is 136 Å². The molecule has 0 aromatic rings. The maximum absolute atomic E-state index is 11.7. The van der Waals surface area contributed by atoms with Crippen LogP contribution in [0.4, 0.5) is 9.59 Å². The smallest absolute Gasteiger partial charge is 0.373 e. The maximum atomic E-state index is 11.7. The number of carbonyl (C=O) groups excluding carboxylic acids is 4. The molecule has 0 spiro atoms. The van der Waals surface area contributed by atoms with Crippen LogP contribution in [0.15, 0.2) is 11.6 Å². The number of amides is 2. The summed E-state index contributed by atoms with van der Waals surface area (Å²) in [4.78, 5) is 49.1. The Morgan fingerprint density at radius 3 is 1.57 bits per heavy atom. The Hall–Kier alpha value is -2.38. The molecule has 0 aromatic carbocycles. The monoisotopic (exact) mass is 328 g/mol. The van der Waals surface area contributed by atoms with Crippen molar-refractivity contribution in [2.75, 3.05) is 26.2 Å². The molecule has 0 N–H and O–H groups in total. The molecule has 0 aliphatic rings. The molecule has 0 unspecified atom stereocenters. The van der Waals surface area contributed by atoms with E-state index in [0.29, 0.717) is 26.2 Å². The molecule has 8 heteroatoms. The van der Waals surface area contributed by atoms with E-state index in [-0.39, 0.29) is 5.57 Å². The molecule has 0 saturated carbocycles.